The molecule has 0 bridgehead atoms. The fourth-order valence-electron chi connectivity index (χ4n) is 3.84. The van der Waals surface area contributed by atoms with Gasteiger partial charge >= 0.3 is 13.6 Å². The predicted molar refractivity (Wildman–Crippen MR) is 126 cm³/mol. The summed E-state index contributed by atoms with van der Waals surface area (Å²) in [6.07, 6.45) is -0.270. The minimum atomic E-state index is -3.98. The van der Waals surface area contributed by atoms with E-state index in [1.54, 1.807) is 34.8 Å². The van der Waals surface area contributed by atoms with Crippen LogP contribution >= 0.6 is 7.60 Å². The lowest BCUT2D eigenvalue weighted by Crippen LogP contribution is -2.48. The second kappa shape index (κ2) is 11.6. The maximum absolute atomic E-state index is 14.4. The Balaban J connectivity index is 2.77. The minimum absolute atomic E-state index is 0.121. The molecule has 2 aromatic carbocycles. The van der Waals surface area contributed by atoms with E-state index in [1.165, 1.54) is 0 Å². The topological polar surface area (TPSA) is 71.1 Å². The van der Waals surface area contributed by atoms with Crippen molar-refractivity contribution in [3.05, 3.63) is 65.7 Å². The lowest BCUT2D eigenvalue weighted by Gasteiger charge is -2.41. The molecule has 0 aliphatic heterocycles. The average molecular weight is 463 g/mol. The van der Waals surface area contributed by atoms with Gasteiger partial charge in [-0.2, -0.15) is 0 Å². The molecule has 0 N–H and O–H groups in total. The lowest BCUT2D eigenvalue weighted by atomic mass is 9.82. The van der Waals surface area contributed by atoms with E-state index in [0.29, 0.717) is 5.75 Å². The molecular weight excluding hydrogens is 427 g/mol. The highest BCUT2D eigenvalue weighted by molar-refractivity contribution is 7.57. The summed E-state index contributed by atoms with van der Waals surface area (Å²) in [5, 5.41) is -1.58. The van der Waals surface area contributed by atoms with E-state index < -0.39 is 30.7 Å². The molecule has 0 saturated heterocycles. The number of esters is 1. The van der Waals surface area contributed by atoms with E-state index in [1.807, 2.05) is 61.5 Å². The van der Waals surface area contributed by atoms with Gasteiger partial charge in [0.15, 0.2) is 5.16 Å². The molecule has 2 atom stereocenters. The molecular formula is C25H35O6P. The summed E-state index contributed by atoms with van der Waals surface area (Å²) in [5.74, 6) is -0.413. The third-order valence-corrected chi connectivity index (χ3v) is 8.33. The largest absolute Gasteiger partial charge is 0.497 e. The number of carbonyl (C=O) groups excluding carboxylic acids is 1. The van der Waals surface area contributed by atoms with E-state index in [9.17, 15) is 9.36 Å². The van der Waals surface area contributed by atoms with Crippen molar-refractivity contribution in [3.8, 4) is 5.75 Å². The van der Waals surface area contributed by atoms with Crippen LogP contribution in [0.2, 0.25) is 0 Å². The van der Waals surface area contributed by atoms with Gasteiger partial charge < -0.3 is 18.5 Å². The van der Waals surface area contributed by atoms with Gasteiger partial charge in [0.2, 0.25) is 0 Å². The summed E-state index contributed by atoms with van der Waals surface area (Å²) in [6.45, 7) is 9.18. The van der Waals surface area contributed by atoms with Gasteiger partial charge in [-0.15, -0.1) is 0 Å². The van der Waals surface area contributed by atoms with Crippen LogP contribution < -0.4 is 4.74 Å². The zero-order chi connectivity index (χ0) is 23.8. The highest BCUT2D eigenvalue weighted by atomic mass is 31.2. The molecule has 0 radical (unpaired) electrons. The van der Waals surface area contributed by atoms with Gasteiger partial charge in [-0.05, 0) is 51.0 Å². The first-order valence-corrected chi connectivity index (χ1v) is 12.6. The van der Waals surface area contributed by atoms with Crippen LogP contribution in [0.3, 0.4) is 0 Å². The van der Waals surface area contributed by atoms with Gasteiger partial charge in [0.05, 0.1) is 26.4 Å². The third kappa shape index (κ3) is 5.61. The Morgan fingerprint density at radius 2 is 1.50 bits per heavy atom. The second-order valence-electron chi connectivity index (χ2n) is 7.87. The average Bonchev–Trinajstić information content (AvgIpc) is 2.77. The molecule has 0 aromatic heterocycles. The summed E-state index contributed by atoms with van der Waals surface area (Å²) in [6, 6.07) is 16.9. The van der Waals surface area contributed by atoms with Crippen LogP contribution in [0.4, 0.5) is 0 Å². The Morgan fingerprint density at radius 3 is 1.97 bits per heavy atom. The van der Waals surface area contributed by atoms with E-state index in [2.05, 4.69) is 0 Å². The maximum Gasteiger partial charge on any atom is 0.348 e. The third-order valence-electron chi connectivity index (χ3n) is 5.43. The lowest BCUT2D eigenvalue weighted by molar-refractivity contribution is -0.152. The standard InChI is InChI=1S/C25H35O6P/c1-7-29-32(27,30-8-2)25(24(26)31-19(3)4,20(5)22-12-10-9-11-13-22)18-21-14-16-23(28-6)17-15-21/h9-17,19-20H,7-8,18H2,1-6H3/t20-,25-/m0/s1. The van der Waals surface area contributed by atoms with Crippen LogP contribution in [0.5, 0.6) is 5.75 Å². The number of hydrogen-bond donors (Lipinski definition) is 0. The molecule has 0 aliphatic rings. The Bertz CT molecular complexity index is 886. The molecule has 0 spiro atoms. The molecule has 0 saturated carbocycles. The molecule has 2 aromatic rings. The van der Waals surface area contributed by atoms with Gasteiger partial charge in [0, 0.05) is 12.3 Å². The van der Waals surface area contributed by atoms with Crippen molar-refractivity contribution in [2.45, 2.75) is 58.2 Å². The summed E-state index contributed by atoms with van der Waals surface area (Å²) in [7, 11) is -2.39. The highest BCUT2D eigenvalue weighted by Gasteiger charge is 2.61. The molecule has 7 heteroatoms. The van der Waals surface area contributed by atoms with E-state index >= 15 is 0 Å². The smallest absolute Gasteiger partial charge is 0.348 e. The highest BCUT2D eigenvalue weighted by Crippen LogP contribution is 2.66. The van der Waals surface area contributed by atoms with Crippen molar-refractivity contribution >= 4 is 13.6 Å². The Hall–Kier alpha value is -2.14. The summed E-state index contributed by atoms with van der Waals surface area (Å²) in [5.41, 5.74) is 1.65. The monoisotopic (exact) mass is 462 g/mol. The fourth-order valence-corrected chi connectivity index (χ4v) is 6.33. The first-order chi connectivity index (χ1) is 15.2. The molecule has 0 amide bonds. The molecule has 2 rings (SSSR count). The van der Waals surface area contributed by atoms with Gasteiger partial charge in [-0.25, -0.2) is 0 Å². The molecule has 0 aliphatic carbocycles. The van der Waals surface area contributed by atoms with Crippen LogP contribution in [0.1, 0.15) is 51.7 Å². The van der Waals surface area contributed by atoms with Crippen LogP contribution in [-0.4, -0.2) is 37.6 Å². The Labute approximate surface area is 191 Å². The van der Waals surface area contributed by atoms with Gasteiger partial charge in [-0.3, -0.25) is 9.36 Å². The Kier molecular flexibility index (Phi) is 9.50. The number of benzene rings is 2. The zero-order valence-electron chi connectivity index (χ0n) is 19.9. The van der Waals surface area contributed by atoms with Crippen molar-refractivity contribution in [2.24, 2.45) is 0 Å². The van der Waals surface area contributed by atoms with Crippen molar-refractivity contribution in [1.82, 2.24) is 0 Å². The van der Waals surface area contributed by atoms with E-state index in [4.69, 9.17) is 18.5 Å². The van der Waals surface area contributed by atoms with E-state index in [0.717, 1.165) is 11.1 Å². The molecule has 0 fully saturated rings. The molecule has 176 valence electrons. The van der Waals surface area contributed by atoms with Crippen molar-refractivity contribution in [3.63, 3.8) is 0 Å². The van der Waals surface area contributed by atoms with Crippen LogP contribution in [0, 0.1) is 0 Å². The summed E-state index contributed by atoms with van der Waals surface area (Å²) < 4.78 is 37.0. The number of rotatable bonds is 12. The summed E-state index contributed by atoms with van der Waals surface area (Å²) in [4.78, 5) is 13.8. The van der Waals surface area contributed by atoms with Crippen LogP contribution in [0.15, 0.2) is 54.6 Å². The SMILES string of the molecule is CCOP(=O)(OCC)[C@](Cc1ccc(OC)cc1)(C(=O)OC(C)C)[C@@H](C)c1ccccc1. The minimum Gasteiger partial charge on any atom is -0.497 e. The van der Waals surface area contributed by atoms with Crippen molar-refractivity contribution < 1.29 is 27.9 Å². The van der Waals surface area contributed by atoms with Crippen molar-refractivity contribution in [2.75, 3.05) is 20.3 Å². The predicted octanol–water partition coefficient (Wildman–Crippen LogP) is 6.00. The Morgan fingerprint density at radius 1 is 0.938 bits per heavy atom. The number of ether oxygens (including phenoxy) is 2. The van der Waals surface area contributed by atoms with Crippen LogP contribution in [0.25, 0.3) is 0 Å². The second-order valence-corrected chi connectivity index (χ2v) is 10.2. The van der Waals surface area contributed by atoms with Crippen molar-refractivity contribution in [1.29, 1.82) is 0 Å². The quantitative estimate of drug-likeness (QED) is 0.285. The van der Waals surface area contributed by atoms with E-state index in [-0.39, 0.29) is 19.6 Å². The normalized spacial score (nSPS) is 14.6. The first-order valence-electron chi connectivity index (χ1n) is 11.0. The number of methoxy groups -OCH3 is 1. The van der Waals surface area contributed by atoms with Gasteiger partial charge in [-0.1, -0.05) is 49.4 Å². The first kappa shape index (κ1) is 26.1. The number of carbonyl (C=O) groups is 1. The maximum atomic E-state index is 14.4. The number of hydrogen-bond acceptors (Lipinski definition) is 6. The summed E-state index contributed by atoms with van der Waals surface area (Å²) >= 11 is 0. The molecule has 0 unspecified atom stereocenters. The zero-order valence-corrected chi connectivity index (χ0v) is 20.8. The fraction of sp³-hybridized carbons (Fsp3) is 0.480. The van der Waals surface area contributed by atoms with Gasteiger partial charge in [0.25, 0.3) is 0 Å². The van der Waals surface area contributed by atoms with Crippen LogP contribution in [-0.2, 0) is 29.6 Å². The molecule has 6 nitrogen and oxygen atoms in total. The molecule has 0 heterocycles. The van der Waals surface area contributed by atoms with Gasteiger partial charge in [0.1, 0.15) is 5.75 Å². The molecule has 32 heavy (non-hydrogen) atoms.